The van der Waals surface area contributed by atoms with Crippen LogP contribution in [0.3, 0.4) is 0 Å². The van der Waals surface area contributed by atoms with E-state index in [1.807, 2.05) is 19.9 Å². The molecule has 1 aromatic rings. The van der Waals surface area contributed by atoms with E-state index in [2.05, 4.69) is 4.72 Å². The molecule has 0 spiro atoms. The Balaban J connectivity index is 2.77. The van der Waals surface area contributed by atoms with E-state index in [1.165, 1.54) is 0 Å². The third-order valence-electron chi connectivity index (χ3n) is 2.12. The summed E-state index contributed by atoms with van der Waals surface area (Å²) in [6, 6.07) is 6.92. The Bertz CT molecular complexity index is 412. The minimum Gasteiger partial charge on any atom is -0.211 e. The Morgan fingerprint density at radius 1 is 1.33 bits per heavy atom. The first-order chi connectivity index (χ1) is 7.06. The SMILES string of the molecule is CCCCNS(=O)(=O)c1cccc(C)c1. The standard InChI is InChI=1S/C11H17NO2S/c1-3-4-8-12-15(13,14)11-7-5-6-10(2)9-11/h5-7,9,12H,3-4,8H2,1-2H3. The van der Waals surface area contributed by atoms with Crippen LogP contribution in [0.15, 0.2) is 29.2 Å². The van der Waals surface area contributed by atoms with E-state index < -0.39 is 10.0 Å². The molecular weight excluding hydrogens is 210 g/mol. The number of aryl methyl sites for hydroxylation is 1. The highest BCUT2D eigenvalue weighted by molar-refractivity contribution is 7.89. The van der Waals surface area contributed by atoms with Crippen molar-refractivity contribution in [1.82, 2.24) is 4.72 Å². The van der Waals surface area contributed by atoms with Gasteiger partial charge in [0.25, 0.3) is 0 Å². The lowest BCUT2D eigenvalue weighted by Crippen LogP contribution is -2.24. The van der Waals surface area contributed by atoms with Crippen LogP contribution in [0, 0.1) is 6.92 Å². The van der Waals surface area contributed by atoms with Gasteiger partial charge in [0.2, 0.25) is 10.0 Å². The fraction of sp³-hybridized carbons (Fsp3) is 0.455. The fourth-order valence-corrected chi connectivity index (χ4v) is 2.43. The predicted molar refractivity (Wildman–Crippen MR) is 61.3 cm³/mol. The Morgan fingerprint density at radius 2 is 2.07 bits per heavy atom. The molecule has 3 nitrogen and oxygen atoms in total. The molecule has 0 aliphatic heterocycles. The molecule has 0 bridgehead atoms. The average molecular weight is 227 g/mol. The maximum atomic E-state index is 11.7. The summed E-state index contributed by atoms with van der Waals surface area (Å²) in [7, 11) is -3.31. The average Bonchev–Trinajstić information content (AvgIpc) is 2.18. The highest BCUT2D eigenvalue weighted by Crippen LogP contribution is 2.10. The summed E-state index contributed by atoms with van der Waals surface area (Å²) in [4.78, 5) is 0.346. The van der Waals surface area contributed by atoms with Crippen molar-refractivity contribution in [3.05, 3.63) is 29.8 Å². The number of hydrogen-bond donors (Lipinski definition) is 1. The first kappa shape index (κ1) is 12.2. The zero-order chi connectivity index (χ0) is 11.3. The number of benzene rings is 1. The fourth-order valence-electron chi connectivity index (χ4n) is 1.25. The van der Waals surface area contributed by atoms with Crippen molar-refractivity contribution >= 4 is 10.0 Å². The van der Waals surface area contributed by atoms with Gasteiger partial charge in [0.15, 0.2) is 0 Å². The zero-order valence-electron chi connectivity index (χ0n) is 9.16. The highest BCUT2D eigenvalue weighted by Gasteiger charge is 2.12. The lowest BCUT2D eigenvalue weighted by molar-refractivity contribution is 0.578. The van der Waals surface area contributed by atoms with Crippen molar-refractivity contribution in [3.8, 4) is 0 Å². The summed E-state index contributed by atoms with van der Waals surface area (Å²) in [5.74, 6) is 0. The molecular formula is C11H17NO2S. The number of rotatable bonds is 5. The van der Waals surface area contributed by atoms with Crippen LogP contribution in [-0.2, 0) is 10.0 Å². The predicted octanol–water partition coefficient (Wildman–Crippen LogP) is 2.07. The van der Waals surface area contributed by atoms with Crippen LogP contribution in [0.1, 0.15) is 25.3 Å². The number of nitrogens with one attached hydrogen (secondary N) is 1. The smallest absolute Gasteiger partial charge is 0.211 e. The van der Waals surface area contributed by atoms with E-state index in [0.29, 0.717) is 11.4 Å². The number of unbranched alkanes of at least 4 members (excludes halogenated alkanes) is 1. The van der Waals surface area contributed by atoms with Crippen LogP contribution in [-0.4, -0.2) is 15.0 Å². The van der Waals surface area contributed by atoms with E-state index in [9.17, 15) is 8.42 Å². The summed E-state index contributed by atoms with van der Waals surface area (Å²) >= 11 is 0. The van der Waals surface area contributed by atoms with Crippen LogP contribution in [0.4, 0.5) is 0 Å². The summed E-state index contributed by atoms with van der Waals surface area (Å²) < 4.78 is 26.1. The molecule has 84 valence electrons. The van der Waals surface area contributed by atoms with Crippen LogP contribution >= 0.6 is 0 Å². The second kappa shape index (κ2) is 5.28. The van der Waals surface area contributed by atoms with Crippen molar-refractivity contribution in [2.75, 3.05) is 6.54 Å². The summed E-state index contributed by atoms with van der Waals surface area (Å²) in [5, 5.41) is 0. The van der Waals surface area contributed by atoms with Crippen molar-refractivity contribution < 1.29 is 8.42 Å². The van der Waals surface area contributed by atoms with E-state index >= 15 is 0 Å². The van der Waals surface area contributed by atoms with E-state index in [4.69, 9.17) is 0 Å². The van der Waals surface area contributed by atoms with E-state index in [0.717, 1.165) is 18.4 Å². The Morgan fingerprint density at radius 3 is 2.67 bits per heavy atom. The van der Waals surface area contributed by atoms with Crippen LogP contribution in [0.5, 0.6) is 0 Å². The molecule has 1 N–H and O–H groups in total. The summed E-state index contributed by atoms with van der Waals surface area (Å²) in [5.41, 5.74) is 0.952. The first-order valence-electron chi connectivity index (χ1n) is 5.12. The number of hydrogen-bond acceptors (Lipinski definition) is 2. The van der Waals surface area contributed by atoms with Gasteiger partial charge in [-0.3, -0.25) is 0 Å². The molecule has 0 saturated carbocycles. The summed E-state index contributed by atoms with van der Waals surface area (Å²) in [6.07, 6.45) is 1.85. The van der Waals surface area contributed by atoms with Crippen molar-refractivity contribution in [1.29, 1.82) is 0 Å². The molecule has 1 aromatic carbocycles. The molecule has 0 radical (unpaired) electrons. The molecule has 0 atom stereocenters. The van der Waals surface area contributed by atoms with Gasteiger partial charge in [-0.2, -0.15) is 0 Å². The quantitative estimate of drug-likeness (QED) is 0.783. The molecule has 1 rings (SSSR count). The van der Waals surface area contributed by atoms with Crippen molar-refractivity contribution in [3.63, 3.8) is 0 Å². The zero-order valence-corrected chi connectivity index (χ0v) is 9.97. The maximum absolute atomic E-state index is 11.7. The van der Waals surface area contributed by atoms with Gasteiger partial charge < -0.3 is 0 Å². The third-order valence-corrected chi connectivity index (χ3v) is 3.58. The Labute approximate surface area is 91.6 Å². The van der Waals surface area contributed by atoms with Gasteiger partial charge in [0.05, 0.1) is 4.90 Å². The van der Waals surface area contributed by atoms with Crippen molar-refractivity contribution in [2.45, 2.75) is 31.6 Å². The highest BCUT2D eigenvalue weighted by atomic mass is 32.2. The molecule has 0 fully saturated rings. The Hall–Kier alpha value is -0.870. The van der Waals surface area contributed by atoms with Gasteiger partial charge in [-0.1, -0.05) is 25.5 Å². The monoisotopic (exact) mass is 227 g/mol. The molecule has 0 unspecified atom stereocenters. The first-order valence-corrected chi connectivity index (χ1v) is 6.61. The van der Waals surface area contributed by atoms with Gasteiger partial charge in [0, 0.05) is 6.54 Å². The summed E-state index contributed by atoms with van der Waals surface area (Å²) in [6.45, 7) is 4.42. The van der Waals surface area contributed by atoms with Crippen LogP contribution in [0.25, 0.3) is 0 Å². The van der Waals surface area contributed by atoms with Crippen LogP contribution in [0.2, 0.25) is 0 Å². The number of sulfonamides is 1. The molecule has 0 aliphatic carbocycles. The molecule has 0 aromatic heterocycles. The van der Waals surface area contributed by atoms with E-state index in [1.54, 1.807) is 18.2 Å². The second-order valence-electron chi connectivity index (χ2n) is 3.57. The molecule has 0 saturated heterocycles. The normalized spacial score (nSPS) is 11.6. The largest absolute Gasteiger partial charge is 0.240 e. The minimum absolute atomic E-state index is 0.346. The van der Waals surface area contributed by atoms with Gasteiger partial charge in [-0.25, -0.2) is 13.1 Å². The third kappa shape index (κ3) is 3.64. The van der Waals surface area contributed by atoms with Gasteiger partial charge in [0.1, 0.15) is 0 Å². The Kier molecular flexibility index (Phi) is 4.29. The van der Waals surface area contributed by atoms with Crippen molar-refractivity contribution in [2.24, 2.45) is 0 Å². The van der Waals surface area contributed by atoms with E-state index in [-0.39, 0.29) is 0 Å². The van der Waals surface area contributed by atoms with Gasteiger partial charge >= 0.3 is 0 Å². The second-order valence-corrected chi connectivity index (χ2v) is 5.33. The van der Waals surface area contributed by atoms with Crippen LogP contribution < -0.4 is 4.72 Å². The molecule has 0 amide bonds. The lowest BCUT2D eigenvalue weighted by atomic mass is 10.2. The molecule has 4 heteroatoms. The maximum Gasteiger partial charge on any atom is 0.240 e. The topological polar surface area (TPSA) is 46.2 Å². The van der Waals surface area contributed by atoms with Gasteiger partial charge in [-0.15, -0.1) is 0 Å². The molecule has 15 heavy (non-hydrogen) atoms. The lowest BCUT2D eigenvalue weighted by Gasteiger charge is -2.06. The molecule has 0 heterocycles. The molecule has 0 aliphatic rings. The van der Waals surface area contributed by atoms with Gasteiger partial charge in [-0.05, 0) is 31.0 Å². The minimum atomic E-state index is -3.31.